The Morgan fingerprint density at radius 2 is 2.14 bits per heavy atom. The summed E-state index contributed by atoms with van der Waals surface area (Å²) < 4.78 is 5.36. The van der Waals surface area contributed by atoms with Gasteiger partial charge in [-0.2, -0.15) is 0 Å². The van der Waals surface area contributed by atoms with E-state index in [1.165, 1.54) is 0 Å². The van der Waals surface area contributed by atoms with Crippen molar-refractivity contribution < 1.29 is 4.74 Å². The standard InChI is InChI=1S/C16H21N3O2/c1-2-3-4-15-17-14-6-5-12(11-13(14)16(20)18-15)19-7-9-21-10-8-19/h5-6,11H,2-4,7-10H2,1H3,(H,17,18,20). The van der Waals surface area contributed by atoms with Crippen LogP contribution in [-0.4, -0.2) is 36.3 Å². The van der Waals surface area contributed by atoms with E-state index in [0.29, 0.717) is 5.39 Å². The van der Waals surface area contributed by atoms with Crippen LogP contribution in [0.25, 0.3) is 10.9 Å². The minimum atomic E-state index is -0.0405. The molecule has 0 aliphatic carbocycles. The minimum absolute atomic E-state index is 0.0405. The van der Waals surface area contributed by atoms with Crippen molar-refractivity contribution in [2.24, 2.45) is 0 Å². The Morgan fingerprint density at radius 3 is 2.90 bits per heavy atom. The van der Waals surface area contributed by atoms with Crippen molar-refractivity contribution in [1.82, 2.24) is 9.97 Å². The molecule has 2 aromatic rings. The number of morpholine rings is 1. The van der Waals surface area contributed by atoms with Crippen LogP contribution in [0, 0.1) is 0 Å². The fourth-order valence-corrected chi connectivity index (χ4v) is 2.66. The molecule has 0 atom stereocenters. The topological polar surface area (TPSA) is 58.2 Å². The van der Waals surface area contributed by atoms with Crippen molar-refractivity contribution in [2.45, 2.75) is 26.2 Å². The lowest BCUT2D eigenvalue weighted by molar-refractivity contribution is 0.122. The molecule has 2 heterocycles. The van der Waals surface area contributed by atoms with Crippen molar-refractivity contribution >= 4 is 16.6 Å². The lowest BCUT2D eigenvalue weighted by atomic mass is 10.2. The van der Waals surface area contributed by atoms with Gasteiger partial charge >= 0.3 is 0 Å². The number of aromatic nitrogens is 2. The Morgan fingerprint density at radius 1 is 1.33 bits per heavy atom. The molecule has 0 saturated carbocycles. The van der Waals surface area contributed by atoms with Crippen LogP contribution in [0.2, 0.25) is 0 Å². The highest BCUT2D eigenvalue weighted by Crippen LogP contribution is 2.20. The van der Waals surface area contributed by atoms with Gasteiger partial charge in [0.15, 0.2) is 0 Å². The van der Waals surface area contributed by atoms with Gasteiger partial charge in [-0.15, -0.1) is 0 Å². The zero-order chi connectivity index (χ0) is 14.7. The molecule has 21 heavy (non-hydrogen) atoms. The number of nitrogens with zero attached hydrogens (tertiary/aromatic N) is 2. The first kappa shape index (κ1) is 14.1. The molecule has 5 nitrogen and oxygen atoms in total. The number of aryl methyl sites for hydroxylation is 1. The number of nitrogens with one attached hydrogen (secondary N) is 1. The average Bonchev–Trinajstić information content (AvgIpc) is 2.53. The number of benzene rings is 1. The van der Waals surface area contributed by atoms with Crippen molar-refractivity contribution in [3.63, 3.8) is 0 Å². The third-order valence-electron chi connectivity index (χ3n) is 3.88. The molecule has 1 aliphatic rings. The summed E-state index contributed by atoms with van der Waals surface area (Å²) in [6.45, 7) is 5.34. The summed E-state index contributed by atoms with van der Waals surface area (Å²) in [6.07, 6.45) is 2.96. The third-order valence-corrected chi connectivity index (χ3v) is 3.88. The largest absolute Gasteiger partial charge is 0.378 e. The van der Waals surface area contributed by atoms with Crippen LogP contribution in [0.3, 0.4) is 0 Å². The van der Waals surface area contributed by atoms with Gasteiger partial charge in [0.1, 0.15) is 5.82 Å². The lowest BCUT2D eigenvalue weighted by Crippen LogP contribution is -2.36. The number of hydrogen-bond acceptors (Lipinski definition) is 4. The van der Waals surface area contributed by atoms with Gasteiger partial charge in [0.2, 0.25) is 0 Å². The number of anilines is 1. The molecule has 1 fully saturated rings. The molecular weight excluding hydrogens is 266 g/mol. The molecule has 0 radical (unpaired) electrons. The minimum Gasteiger partial charge on any atom is -0.378 e. The molecular formula is C16H21N3O2. The van der Waals surface area contributed by atoms with E-state index in [4.69, 9.17) is 4.74 Å². The van der Waals surface area contributed by atoms with Gasteiger partial charge < -0.3 is 14.6 Å². The molecule has 0 bridgehead atoms. The second-order valence-electron chi connectivity index (χ2n) is 5.42. The molecule has 1 aliphatic heterocycles. The van der Waals surface area contributed by atoms with Gasteiger partial charge in [-0.25, -0.2) is 4.98 Å². The molecule has 0 amide bonds. The van der Waals surface area contributed by atoms with Gasteiger partial charge in [-0.05, 0) is 24.6 Å². The maximum atomic E-state index is 12.3. The van der Waals surface area contributed by atoms with Gasteiger partial charge in [-0.3, -0.25) is 4.79 Å². The number of aromatic amines is 1. The van der Waals surface area contributed by atoms with E-state index < -0.39 is 0 Å². The third kappa shape index (κ3) is 3.08. The number of unbranched alkanes of at least 4 members (excludes halogenated alkanes) is 1. The van der Waals surface area contributed by atoms with Gasteiger partial charge in [0.25, 0.3) is 5.56 Å². The monoisotopic (exact) mass is 287 g/mol. The van der Waals surface area contributed by atoms with Crippen molar-refractivity contribution in [2.75, 3.05) is 31.2 Å². The highest BCUT2D eigenvalue weighted by molar-refractivity contribution is 5.81. The molecule has 0 unspecified atom stereocenters. The Bertz CT molecular complexity index is 675. The van der Waals surface area contributed by atoms with Gasteiger partial charge in [0.05, 0.1) is 24.1 Å². The van der Waals surface area contributed by atoms with Crippen LogP contribution in [0.1, 0.15) is 25.6 Å². The molecule has 0 spiro atoms. The molecule has 1 aromatic carbocycles. The van der Waals surface area contributed by atoms with E-state index in [1.807, 2.05) is 18.2 Å². The van der Waals surface area contributed by atoms with E-state index in [9.17, 15) is 4.79 Å². The predicted molar refractivity (Wildman–Crippen MR) is 84.0 cm³/mol. The van der Waals surface area contributed by atoms with Crippen LogP contribution in [0.5, 0.6) is 0 Å². The zero-order valence-corrected chi connectivity index (χ0v) is 12.4. The number of H-pyrrole nitrogens is 1. The van der Waals surface area contributed by atoms with Gasteiger partial charge in [-0.1, -0.05) is 13.3 Å². The molecule has 1 aromatic heterocycles. The maximum Gasteiger partial charge on any atom is 0.258 e. The normalized spacial score (nSPS) is 15.6. The Kier molecular flexibility index (Phi) is 4.20. The Hall–Kier alpha value is -1.88. The first-order chi connectivity index (χ1) is 10.3. The van der Waals surface area contributed by atoms with E-state index in [-0.39, 0.29) is 5.56 Å². The molecule has 112 valence electrons. The number of rotatable bonds is 4. The Balaban J connectivity index is 1.94. The number of fused-ring (bicyclic) bond motifs is 1. The van der Waals surface area contributed by atoms with Crippen molar-refractivity contribution in [3.05, 3.63) is 34.4 Å². The van der Waals surface area contributed by atoms with Crippen LogP contribution in [0.15, 0.2) is 23.0 Å². The highest BCUT2D eigenvalue weighted by Gasteiger charge is 2.13. The molecule has 5 heteroatoms. The summed E-state index contributed by atoms with van der Waals surface area (Å²) in [5, 5.41) is 0.666. The predicted octanol–water partition coefficient (Wildman–Crippen LogP) is 2.10. The molecule has 3 rings (SSSR count). The van der Waals surface area contributed by atoms with E-state index >= 15 is 0 Å². The highest BCUT2D eigenvalue weighted by atomic mass is 16.5. The summed E-state index contributed by atoms with van der Waals surface area (Å²) in [5.41, 5.74) is 1.81. The summed E-state index contributed by atoms with van der Waals surface area (Å²) in [5.74, 6) is 0.786. The fourth-order valence-electron chi connectivity index (χ4n) is 2.66. The summed E-state index contributed by atoms with van der Waals surface area (Å²) in [7, 11) is 0. The number of ether oxygens (including phenoxy) is 1. The van der Waals surface area contributed by atoms with Crippen molar-refractivity contribution in [3.8, 4) is 0 Å². The second-order valence-corrected chi connectivity index (χ2v) is 5.42. The van der Waals surface area contributed by atoms with Crippen LogP contribution >= 0.6 is 0 Å². The quantitative estimate of drug-likeness (QED) is 0.935. The first-order valence-electron chi connectivity index (χ1n) is 7.63. The van der Waals surface area contributed by atoms with Crippen LogP contribution in [-0.2, 0) is 11.2 Å². The van der Waals surface area contributed by atoms with Crippen LogP contribution < -0.4 is 10.5 Å². The Labute approximate surface area is 124 Å². The summed E-state index contributed by atoms with van der Waals surface area (Å²) in [6, 6.07) is 5.94. The first-order valence-corrected chi connectivity index (χ1v) is 7.63. The van der Waals surface area contributed by atoms with Gasteiger partial charge in [0, 0.05) is 25.2 Å². The van der Waals surface area contributed by atoms with Crippen molar-refractivity contribution in [1.29, 1.82) is 0 Å². The van der Waals surface area contributed by atoms with E-state index in [1.54, 1.807) is 0 Å². The summed E-state index contributed by atoms with van der Waals surface area (Å²) in [4.78, 5) is 22.0. The maximum absolute atomic E-state index is 12.3. The fraction of sp³-hybridized carbons (Fsp3) is 0.500. The zero-order valence-electron chi connectivity index (χ0n) is 12.4. The lowest BCUT2D eigenvalue weighted by Gasteiger charge is -2.28. The number of hydrogen-bond donors (Lipinski definition) is 1. The van der Waals surface area contributed by atoms with Crippen LogP contribution in [0.4, 0.5) is 5.69 Å². The smallest absolute Gasteiger partial charge is 0.258 e. The average molecular weight is 287 g/mol. The molecule has 1 saturated heterocycles. The summed E-state index contributed by atoms with van der Waals surface area (Å²) >= 11 is 0. The van der Waals surface area contributed by atoms with E-state index in [2.05, 4.69) is 21.8 Å². The SMILES string of the molecule is CCCCc1nc2ccc(N3CCOCC3)cc2c(=O)[nH]1. The van der Waals surface area contributed by atoms with E-state index in [0.717, 1.165) is 62.6 Å². The second kappa shape index (κ2) is 6.26. The molecule has 1 N–H and O–H groups in total.